The molecule has 0 heterocycles. The second kappa shape index (κ2) is 10.8. The van der Waals surface area contributed by atoms with Gasteiger partial charge in [-0.05, 0) is 46.5 Å². The van der Waals surface area contributed by atoms with Gasteiger partial charge in [-0.2, -0.15) is 0 Å². The van der Waals surface area contributed by atoms with Gasteiger partial charge in [-0.25, -0.2) is 18.4 Å². The summed E-state index contributed by atoms with van der Waals surface area (Å²) in [5.74, 6) is -3.21. The van der Waals surface area contributed by atoms with Crippen LogP contribution in [0.4, 0.5) is 8.78 Å². The van der Waals surface area contributed by atoms with Gasteiger partial charge in [0.15, 0.2) is 0 Å². The van der Waals surface area contributed by atoms with Crippen LogP contribution < -0.4 is 0 Å². The maximum Gasteiger partial charge on any atom is 0.340 e. The monoisotopic (exact) mass is 446 g/mol. The second-order valence-corrected chi connectivity index (χ2v) is 6.92. The third-order valence-corrected chi connectivity index (χ3v) is 4.78. The maximum atomic E-state index is 13.4. The third kappa shape index (κ3) is 5.89. The van der Waals surface area contributed by atoms with Crippen LogP contribution in [0.25, 0.3) is 22.3 Å². The summed E-state index contributed by atoms with van der Waals surface area (Å²) in [5.41, 5.74) is 2.92. The Morgan fingerprint density at radius 1 is 0.636 bits per heavy atom. The van der Waals surface area contributed by atoms with Gasteiger partial charge in [0, 0.05) is 0 Å². The Labute approximate surface area is 189 Å². The summed E-state index contributed by atoms with van der Waals surface area (Å²) < 4.78 is 31.1. The SMILES string of the molecule is COC(=O)c1cc(-c2ccccc2)ccc1F.O=C(O)c1cc(-c2ccccc2)ccc1F. The van der Waals surface area contributed by atoms with Crippen LogP contribution in [0.3, 0.4) is 0 Å². The lowest BCUT2D eigenvalue weighted by Crippen LogP contribution is -2.04. The smallest absolute Gasteiger partial charge is 0.340 e. The Kier molecular flexibility index (Phi) is 7.65. The molecule has 0 aliphatic rings. The fourth-order valence-electron chi connectivity index (χ4n) is 3.10. The molecule has 0 atom stereocenters. The number of ether oxygens (including phenoxy) is 1. The highest BCUT2D eigenvalue weighted by Gasteiger charge is 2.13. The highest BCUT2D eigenvalue weighted by atomic mass is 19.1. The highest BCUT2D eigenvalue weighted by molar-refractivity contribution is 5.91. The van der Waals surface area contributed by atoms with E-state index in [1.165, 1.54) is 31.4 Å². The molecule has 166 valence electrons. The van der Waals surface area contributed by atoms with Gasteiger partial charge < -0.3 is 9.84 Å². The zero-order valence-electron chi connectivity index (χ0n) is 17.7. The Morgan fingerprint density at radius 2 is 1.06 bits per heavy atom. The van der Waals surface area contributed by atoms with Crippen LogP contribution in [0, 0.1) is 11.6 Å². The van der Waals surface area contributed by atoms with Crippen molar-refractivity contribution in [1.82, 2.24) is 0 Å². The minimum atomic E-state index is -1.25. The minimum Gasteiger partial charge on any atom is -0.478 e. The molecule has 0 aromatic heterocycles. The number of aromatic carboxylic acids is 1. The number of esters is 1. The average molecular weight is 446 g/mol. The molecule has 0 amide bonds. The topological polar surface area (TPSA) is 63.6 Å². The van der Waals surface area contributed by atoms with Gasteiger partial charge in [-0.1, -0.05) is 72.8 Å². The van der Waals surface area contributed by atoms with Crippen LogP contribution in [-0.2, 0) is 4.74 Å². The predicted molar refractivity (Wildman–Crippen MR) is 122 cm³/mol. The molecule has 4 aromatic carbocycles. The van der Waals surface area contributed by atoms with Gasteiger partial charge in [-0.15, -0.1) is 0 Å². The molecule has 0 aliphatic carbocycles. The summed E-state index contributed by atoms with van der Waals surface area (Å²) in [6, 6.07) is 27.2. The molecule has 0 saturated carbocycles. The van der Waals surface area contributed by atoms with E-state index >= 15 is 0 Å². The molecule has 0 aliphatic heterocycles. The van der Waals surface area contributed by atoms with Crippen LogP contribution in [0.15, 0.2) is 97.1 Å². The van der Waals surface area contributed by atoms with Crippen molar-refractivity contribution in [3.05, 3.63) is 120 Å². The van der Waals surface area contributed by atoms with Gasteiger partial charge in [-0.3, -0.25) is 0 Å². The van der Waals surface area contributed by atoms with Crippen LogP contribution >= 0.6 is 0 Å². The first kappa shape index (κ1) is 23.3. The number of hydrogen-bond donors (Lipinski definition) is 1. The minimum absolute atomic E-state index is 0.0474. The Balaban J connectivity index is 0.000000186. The number of rotatable bonds is 4. The largest absolute Gasteiger partial charge is 0.478 e. The molecule has 0 fully saturated rings. The summed E-state index contributed by atoms with van der Waals surface area (Å²) in [4.78, 5) is 22.1. The molecule has 4 aromatic rings. The number of carbonyl (C=O) groups excluding carboxylic acids is 1. The van der Waals surface area contributed by atoms with Crippen LogP contribution in [0.2, 0.25) is 0 Å². The van der Waals surface area contributed by atoms with E-state index < -0.39 is 23.6 Å². The van der Waals surface area contributed by atoms with Gasteiger partial charge in [0.25, 0.3) is 0 Å². The lowest BCUT2D eigenvalue weighted by Gasteiger charge is -2.05. The van der Waals surface area contributed by atoms with Crippen LogP contribution in [-0.4, -0.2) is 24.2 Å². The number of halogens is 2. The lowest BCUT2D eigenvalue weighted by atomic mass is 10.0. The summed E-state index contributed by atoms with van der Waals surface area (Å²) in [6.45, 7) is 0. The molecule has 0 bridgehead atoms. The fraction of sp³-hybridized carbons (Fsp3) is 0.0370. The Bertz CT molecular complexity index is 1260. The van der Waals surface area contributed by atoms with Crippen molar-refractivity contribution in [2.24, 2.45) is 0 Å². The van der Waals surface area contributed by atoms with E-state index in [9.17, 15) is 18.4 Å². The predicted octanol–water partition coefficient (Wildman–Crippen LogP) is 6.47. The number of carbonyl (C=O) groups is 2. The normalized spacial score (nSPS) is 10.0. The summed E-state index contributed by atoms with van der Waals surface area (Å²) in [5, 5.41) is 8.80. The van der Waals surface area contributed by atoms with Crippen LogP contribution in [0.5, 0.6) is 0 Å². The molecule has 6 heteroatoms. The van der Waals surface area contributed by atoms with Gasteiger partial charge in [0.05, 0.1) is 18.2 Å². The van der Waals surface area contributed by atoms with Crippen molar-refractivity contribution < 1.29 is 28.2 Å². The van der Waals surface area contributed by atoms with Crippen molar-refractivity contribution in [2.75, 3.05) is 7.11 Å². The lowest BCUT2D eigenvalue weighted by molar-refractivity contribution is 0.0594. The van der Waals surface area contributed by atoms with Crippen molar-refractivity contribution in [3.8, 4) is 22.3 Å². The molecular formula is C27H20F2O4. The summed E-state index contributed by atoms with van der Waals surface area (Å²) >= 11 is 0. The molecule has 4 rings (SSSR count). The van der Waals surface area contributed by atoms with Crippen LogP contribution in [0.1, 0.15) is 20.7 Å². The highest BCUT2D eigenvalue weighted by Crippen LogP contribution is 2.23. The Hall–Kier alpha value is -4.32. The summed E-state index contributed by atoms with van der Waals surface area (Å²) in [6.07, 6.45) is 0. The van der Waals surface area contributed by atoms with E-state index in [0.717, 1.165) is 16.7 Å². The quantitative estimate of drug-likeness (QED) is 0.365. The second-order valence-electron chi connectivity index (χ2n) is 6.92. The summed E-state index contributed by atoms with van der Waals surface area (Å²) in [7, 11) is 1.23. The van der Waals surface area contributed by atoms with Gasteiger partial charge in [0.2, 0.25) is 0 Å². The van der Waals surface area contributed by atoms with E-state index in [1.807, 2.05) is 60.7 Å². The average Bonchev–Trinajstić information content (AvgIpc) is 2.85. The molecule has 0 radical (unpaired) electrons. The van der Waals surface area contributed by atoms with E-state index in [1.54, 1.807) is 12.1 Å². The van der Waals surface area contributed by atoms with Crippen molar-refractivity contribution in [1.29, 1.82) is 0 Å². The number of carboxylic acid groups (broad SMARTS) is 1. The maximum absolute atomic E-state index is 13.4. The standard InChI is InChI=1S/C14H11FO2.C13H9FO2/c1-17-14(16)12-9-11(7-8-13(12)15)10-5-3-2-4-6-10;14-12-7-6-10(8-11(12)13(15)16)9-4-2-1-3-5-9/h2-9H,1H3;1-8H,(H,15,16). The molecular weight excluding hydrogens is 426 g/mol. The van der Waals surface area contributed by atoms with Gasteiger partial charge in [0.1, 0.15) is 11.6 Å². The first-order valence-corrected chi connectivity index (χ1v) is 9.92. The number of methoxy groups -OCH3 is 1. The number of hydrogen-bond acceptors (Lipinski definition) is 3. The number of carboxylic acids is 1. The van der Waals surface area contributed by atoms with E-state index in [0.29, 0.717) is 5.56 Å². The third-order valence-electron chi connectivity index (χ3n) is 4.78. The fourth-order valence-corrected chi connectivity index (χ4v) is 3.10. The van der Waals surface area contributed by atoms with Gasteiger partial charge >= 0.3 is 11.9 Å². The van der Waals surface area contributed by atoms with Crippen molar-refractivity contribution in [3.63, 3.8) is 0 Å². The molecule has 4 nitrogen and oxygen atoms in total. The van der Waals surface area contributed by atoms with Crippen molar-refractivity contribution in [2.45, 2.75) is 0 Å². The van der Waals surface area contributed by atoms with E-state index in [4.69, 9.17) is 5.11 Å². The molecule has 0 spiro atoms. The first-order valence-electron chi connectivity index (χ1n) is 9.92. The molecule has 1 N–H and O–H groups in total. The molecule has 33 heavy (non-hydrogen) atoms. The van der Waals surface area contributed by atoms with Crippen molar-refractivity contribution >= 4 is 11.9 Å². The number of benzene rings is 4. The van der Waals surface area contributed by atoms with E-state index in [2.05, 4.69) is 4.74 Å². The molecule has 0 saturated heterocycles. The zero-order valence-corrected chi connectivity index (χ0v) is 17.7. The Morgan fingerprint density at radius 3 is 1.48 bits per heavy atom. The molecule has 0 unspecified atom stereocenters. The van der Waals surface area contributed by atoms with E-state index in [-0.39, 0.29) is 11.1 Å². The zero-order chi connectivity index (χ0) is 23.8. The first-order chi connectivity index (χ1) is 15.9.